The van der Waals surface area contributed by atoms with Gasteiger partial charge in [0.1, 0.15) is 0 Å². The summed E-state index contributed by atoms with van der Waals surface area (Å²) in [5, 5.41) is 18.4. The van der Waals surface area contributed by atoms with Gasteiger partial charge in [0.2, 0.25) is 6.10 Å². The molecule has 0 bridgehead atoms. The number of rotatable bonds is 8. The van der Waals surface area contributed by atoms with Gasteiger partial charge in [-0.2, -0.15) is 0 Å². The molecular formula is C19H16O8. The number of carbonyl (C=O) groups excluding carboxylic acids is 2. The second-order valence-electron chi connectivity index (χ2n) is 5.44. The lowest BCUT2D eigenvalue weighted by Gasteiger charge is -2.23. The number of hydrogen-bond donors (Lipinski definition) is 2. The summed E-state index contributed by atoms with van der Waals surface area (Å²) in [6.45, 7) is 0. The monoisotopic (exact) mass is 372 g/mol. The molecule has 2 unspecified atom stereocenters. The lowest BCUT2D eigenvalue weighted by molar-refractivity contribution is -0.156. The maximum atomic E-state index is 12.2. The number of ether oxygens (including phenoxy) is 2. The van der Waals surface area contributed by atoms with Gasteiger partial charge in [-0.1, -0.05) is 36.4 Å². The number of hydrogen-bond acceptors (Lipinski definition) is 6. The van der Waals surface area contributed by atoms with E-state index in [9.17, 15) is 24.3 Å². The Hall–Kier alpha value is -3.68. The van der Waals surface area contributed by atoms with Crippen molar-refractivity contribution in [2.45, 2.75) is 18.6 Å². The minimum atomic E-state index is -1.98. The van der Waals surface area contributed by atoms with Crippen LogP contribution in [0.4, 0.5) is 0 Å². The zero-order valence-corrected chi connectivity index (χ0v) is 14.0. The third-order valence-electron chi connectivity index (χ3n) is 3.47. The number of esters is 2. The second kappa shape index (κ2) is 9.14. The van der Waals surface area contributed by atoms with Gasteiger partial charge < -0.3 is 19.7 Å². The maximum Gasteiger partial charge on any atom is 0.349 e. The predicted molar refractivity (Wildman–Crippen MR) is 91.2 cm³/mol. The molecule has 8 nitrogen and oxygen atoms in total. The SMILES string of the molecule is O=C(O)CC(OC(=O)c1ccccc1)C(OC(=O)c1ccccc1)C(=O)O. The van der Waals surface area contributed by atoms with Crippen molar-refractivity contribution in [3.05, 3.63) is 71.8 Å². The minimum absolute atomic E-state index is 0.0761. The van der Waals surface area contributed by atoms with Gasteiger partial charge in [-0.05, 0) is 24.3 Å². The first-order valence-electron chi connectivity index (χ1n) is 7.85. The normalized spacial score (nSPS) is 12.4. The Morgan fingerprint density at radius 1 is 0.741 bits per heavy atom. The molecule has 2 N–H and O–H groups in total. The van der Waals surface area contributed by atoms with Crippen molar-refractivity contribution in [2.75, 3.05) is 0 Å². The number of carboxylic acid groups (broad SMARTS) is 2. The van der Waals surface area contributed by atoms with Crippen molar-refractivity contribution >= 4 is 23.9 Å². The summed E-state index contributed by atoms with van der Waals surface area (Å²) in [4.78, 5) is 46.9. The average molecular weight is 372 g/mol. The highest BCUT2D eigenvalue weighted by Gasteiger charge is 2.37. The van der Waals surface area contributed by atoms with Crippen molar-refractivity contribution in [1.29, 1.82) is 0 Å². The van der Waals surface area contributed by atoms with Crippen LogP contribution in [-0.2, 0) is 19.1 Å². The van der Waals surface area contributed by atoms with Crippen molar-refractivity contribution in [1.82, 2.24) is 0 Å². The van der Waals surface area contributed by atoms with Crippen LogP contribution in [0.15, 0.2) is 60.7 Å². The molecule has 0 radical (unpaired) electrons. The molecule has 2 aromatic carbocycles. The Morgan fingerprint density at radius 2 is 1.19 bits per heavy atom. The van der Waals surface area contributed by atoms with Crippen LogP contribution in [0.1, 0.15) is 27.1 Å². The zero-order chi connectivity index (χ0) is 19.8. The lowest BCUT2D eigenvalue weighted by Crippen LogP contribution is -2.42. The van der Waals surface area contributed by atoms with Crippen LogP contribution in [-0.4, -0.2) is 46.3 Å². The van der Waals surface area contributed by atoms with Gasteiger partial charge in [0.15, 0.2) is 6.10 Å². The summed E-state index contributed by atoms with van der Waals surface area (Å²) in [7, 11) is 0. The fraction of sp³-hybridized carbons (Fsp3) is 0.158. The third kappa shape index (κ3) is 5.67. The summed E-state index contributed by atoms with van der Waals surface area (Å²) in [5.41, 5.74) is 0.179. The molecule has 0 saturated heterocycles. The van der Waals surface area contributed by atoms with E-state index >= 15 is 0 Å². The predicted octanol–water partition coefficient (Wildman–Crippen LogP) is 2.00. The fourth-order valence-corrected chi connectivity index (χ4v) is 2.21. The van der Waals surface area contributed by atoms with E-state index in [1.807, 2.05) is 0 Å². The molecule has 0 spiro atoms. The van der Waals surface area contributed by atoms with E-state index in [0.717, 1.165) is 0 Å². The van der Waals surface area contributed by atoms with Crippen molar-refractivity contribution in [3.63, 3.8) is 0 Å². The molecule has 140 valence electrons. The Morgan fingerprint density at radius 3 is 1.59 bits per heavy atom. The van der Waals surface area contributed by atoms with Gasteiger partial charge in [-0.25, -0.2) is 14.4 Å². The summed E-state index contributed by atoms with van der Waals surface area (Å²) in [5.74, 6) is -4.95. The van der Waals surface area contributed by atoms with E-state index in [1.165, 1.54) is 24.3 Å². The van der Waals surface area contributed by atoms with E-state index < -0.39 is 42.5 Å². The van der Waals surface area contributed by atoms with Gasteiger partial charge in [0.05, 0.1) is 17.5 Å². The molecular weight excluding hydrogens is 356 g/mol. The van der Waals surface area contributed by atoms with E-state index in [2.05, 4.69) is 0 Å². The van der Waals surface area contributed by atoms with E-state index in [1.54, 1.807) is 36.4 Å². The van der Waals surface area contributed by atoms with Crippen LogP contribution in [0.25, 0.3) is 0 Å². The van der Waals surface area contributed by atoms with Gasteiger partial charge in [-0.3, -0.25) is 4.79 Å². The Kier molecular flexibility index (Phi) is 6.65. The number of benzene rings is 2. The first-order valence-corrected chi connectivity index (χ1v) is 7.85. The molecule has 0 aliphatic carbocycles. The molecule has 8 heteroatoms. The topological polar surface area (TPSA) is 127 Å². The fourth-order valence-electron chi connectivity index (χ4n) is 2.21. The molecule has 2 rings (SSSR count). The average Bonchev–Trinajstić information content (AvgIpc) is 2.66. The van der Waals surface area contributed by atoms with Crippen molar-refractivity contribution in [2.24, 2.45) is 0 Å². The van der Waals surface area contributed by atoms with E-state index in [0.29, 0.717) is 0 Å². The van der Waals surface area contributed by atoms with Crippen LogP contribution in [0, 0.1) is 0 Å². The highest BCUT2D eigenvalue weighted by Crippen LogP contribution is 2.15. The lowest BCUT2D eigenvalue weighted by atomic mass is 10.1. The van der Waals surface area contributed by atoms with Gasteiger partial charge in [0, 0.05) is 0 Å². The molecule has 0 heterocycles. The quantitative estimate of drug-likeness (QED) is 0.674. The summed E-state index contributed by atoms with van der Waals surface area (Å²) in [6.07, 6.45) is -4.54. The molecule has 0 aliphatic heterocycles. The number of aliphatic carboxylic acids is 2. The number of carboxylic acids is 2. The standard InChI is InChI=1S/C19H16O8/c20-15(21)11-14(26-18(24)12-7-3-1-4-8-12)16(17(22)23)27-19(25)13-9-5-2-6-10-13/h1-10,14,16H,11H2,(H,20,21)(H,22,23). The molecule has 2 aromatic rings. The molecule has 0 fully saturated rings. The maximum absolute atomic E-state index is 12.2. The van der Waals surface area contributed by atoms with Gasteiger partial charge in [-0.15, -0.1) is 0 Å². The zero-order valence-electron chi connectivity index (χ0n) is 14.0. The van der Waals surface area contributed by atoms with Crippen LogP contribution in [0.5, 0.6) is 0 Å². The molecule has 0 saturated carbocycles. The summed E-state index contributed by atoms with van der Waals surface area (Å²) < 4.78 is 9.95. The van der Waals surface area contributed by atoms with Crippen LogP contribution < -0.4 is 0 Å². The van der Waals surface area contributed by atoms with Crippen LogP contribution in [0.3, 0.4) is 0 Å². The highest BCUT2D eigenvalue weighted by atomic mass is 16.6. The smallest absolute Gasteiger partial charge is 0.349 e. The number of carbonyl (C=O) groups is 4. The summed E-state index contributed by atoms with van der Waals surface area (Å²) >= 11 is 0. The second-order valence-corrected chi connectivity index (χ2v) is 5.44. The van der Waals surface area contributed by atoms with Crippen LogP contribution in [0.2, 0.25) is 0 Å². The highest BCUT2D eigenvalue weighted by molar-refractivity contribution is 5.92. The third-order valence-corrected chi connectivity index (χ3v) is 3.47. The minimum Gasteiger partial charge on any atom is -0.481 e. The Balaban J connectivity index is 2.21. The molecule has 0 amide bonds. The summed E-state index contributed by atoms with van der Waals surface area (Å²) in [6, 6.07) is 15.2. The van der Waals surface area contributed by atoms with Crippen molar-refractivity contribution in [3.8, 4) is 0 Å². The largest absolute Gasteiger partial charge is 0.481 e. The van der Waals surface area contributed by atoms with Gasteiger partial charge in [0.25, 0.3) is 0 Å². The van der Waals surface area contributed by atoms with Crippen molar-refractivity contribution < 1.29 is 38.9 Å². The molecule has 0 aromatic heterocycles. The molecule has 2 atom stereocenters. The molecule has 0 aliphatic rings. The van der Waals surface area contributed by atoms with E-state index in [-0.39, 0.29) is 11.1 Å². The first-order chi connectivity index (χ1) is 12.9. The Labute approximate surface area is 154 Å². The first kappa shape index (κ1) is 19.6. The Bertz CT molecular complexity index is 816. The van der Waals surface area contributed by atoms with Gasteiger partial charge >= 0.3 is 23.9 Å². The molecule has 27 heavy (non-hydrogen) atoms. The van der Waals surface area contributed by atoms with Crippen LogP contribution >= 0.6 is 0 Å². The van der Waals surface area contributed by atoms with E-state index in [4.69, 9.17) is 14.6 Å².